The predicted molar refractivity (Wildman–Crippen MR) is 106 cm³/mol. The molecule has 3 rings (SSSR count). The first kappa shape index (κ1) is 19.9. The van der Waals surface area contributed by atoms with E-state index in [1.54, 1.807) is 25.3 Å². The van der Waals surface area contributed by atoms with Crippen molar-refractivity contribution in [2.24, 2.45) is 0 Å². The van der Waals surface area contributed by atoms with E-state index in [1.807, 2.05) is 19.1 Å². The molecular weight excluding hydrogens is 376 g/mol. The molecule has 1 amide bonds. The van der Waals surface area contributed by atoms with Gasteiger partial charge in [0.1, 0.15) is 0 Å². The van der Waals surface area contributed by atoms with Gasteiger partial charge in [0.15, 0.2) is 11.5 Å². The lowest BCUT2D eigenvalue weighted by molar-refractivity contribution is -0.384. The van der Waals surface area contributed by atoms with Crippen molar-refractivity contribution in [3.63, 3.8) is 0 Å². The zero-order valence-electron chi connectivity index (χ0n) is 16.0. The summed E-state index contributed by atoms with van der Waals surface area (Å²) in [5, 5.41) is 20.4. The fourth-order valence-corrected chi connectivity index (χ4v) is 2.81. The number of hydrogen-bond acceptors (Lipinski definition) is 6. The molecule has 29 heavy (non-hydrogen) atoms. The van der Waals surface area contributed by atoms with Crippen LogP contribution in [-0.2, 0) is 6.54 Å². The van der Waals surface area contributed by atoms with Crippen LogP contribution in [0.5, 0.6) is 11.5 Å². The van der Waals surface area contributed by atoms with Crippen LogP contribution in [0.25, 0.3) is 11.3 Å². The number of amides is 1. The molecule has 9 nitrogen and oxygen atoms in total. The fraction of sp³-hybridized carbons (Fsp3) is 0.200. The molecular formula is C20H20N4O5. The molecule has 0 unspecified atom stereocenters. The Hall–Kier alpha value is -3.88. The van der Waals surface area contributed by atoms with Gasteiger partial charge in [0.05, 0.1) is 36.1 Å². The number of carbonyl (C=O) groups is 1. The Balaban J connectivity index is 1.73. The van der Waals surface area contributed by atoms with Crippen molar-refractivity contribution < 1.29 is 19.2 Å². The predicted octanol–water partition coefficient (Wildman–Crippen LogP) is 3.32. The summed E-state index contributed by atoms with van der Waals surface area (Å²) in [5.41, 5.74) is 2.28. The maximum Gasteiger partial charge on any atom is 0.269 e. The van der Waals surface area contributed by atoms with Crippen molar-refractivity contribution in [1.29, 1.82) is 0 Å². The molecule has 0 spiro atoms. The Morgan fingerprint density at radius 3 is 2.62 bits per heavy atom. The number of hydrogen-bond donors (Lipinski definition) is 2. The van der Waals surface area contributed by atoms with Gasteiger partial charge in [-0.15, -0.1) is 0 Å². The van der Waals surface area contributed by atoms with Gasteiger partial charge in [-0.2, -0.15) is 5.10 Å². The number of carbonyl (C=O) groups excluding carboxylic acids is 1. The molecule has 1 heterocycles. The van der Waals surface area contributed by atoms with E-state index in [2.05, 4.69) is 15.5 Å². The number of rotatable bonds is 8. The summed E-state index contributed by atoms with van der Waals surface area (Å²) < 4.78 is 10.8. The smallest absolute Gasteiger partial charge is 0.269 e. The Morgan fingerprint density at radius 1 is 1.21 bits per heavy atom. The second-order valence-corrected chi connectivity index (χ2v) is 6.06. The van der Waals surface area contributed by atoms with E-state index >= 15 is 0 Å². The van der Waals surface area contributed by atoms with Crippen LogP contribution in [0, 0.1) is 10.1 Å². The summed E-state index contributed by atoms with van der Waals surface area (Å²) in [6.45, 7) is 2.67. The van der Waals surface area contributed by atoms with Gasteiger partial charge < -0.3 is 14.8 Å². The Kier molecular flexibility index (Phi) is 6.08. The van der Waals surface area contributed by atoms with E-state index in [1.165, 1.54) is 18.3 Å². The van der Waals surface area contributed by atoms with Gasteiger partial charge in [-0.1, -0.05) is 6.07 Å². The highest BCUT2D eigenvalue weighted by Gasteiger charge is 2.16. The molecule has 0 atom stereocenters. The third-order valence-corrected chi connectivity index (χ3v) is 4.23. The Labute approximate surface area is 166 Å². The average molecular weight is 396 g/mol. The summed E-state index contributed by atoms with van der Waals surface area (Å²) in [4.78, 5) is 23.0. The molecule has 2 N–H and O–H groups in total. The lowest BCUT2D eigenvalue weighted by atomic mass is 10.1. The number of methoxy groups -OCH3 is 1. The second kappa shape index (κ2) is 8.87. The van der Waals surface area contributed by atoms with Crippen LogP contribution in [0.15, 0.2) is 48.7 Å². The van der Waals surface area contributed by atoms with Gasteiger partial charge in [0, 0.05) is 24.2 Å². The van der Waals surface area contributed by atoms with Crippen molar-refractivity contribution in [3.8, 4) is 22.8 Å². The number of nitrogens with one attached hydrogen (secondary N) is 2. The van der Waals surface area contributed by atoms with Crippen LogP contribution in [0.1, 0.15) is 22.8 Å². The quantitative estimate of drug-likeness (QED) is 0.445. The first-order valence-electron chi connectivity index (χ1n) is 8.89. The molecule has 1 aromatic heterocycles. The summed E-state index contributed by atoms with van der Waals surface area (Å²) in [6.07, 6.45) is 1.42. The Bertz CT molecular complexity index is 1010. The number of nitro benzene ring substituents is 1. The third kappa shape index (κ3) is 4.52. The molecule has 0 saturated heterocycles. The highest BCUT2D eigenvalue weighted by molar-refractivity contribution is 5.99. The van der Waals surface area contributed by atoms with Crippen molar-refractivity contribution in [2.75, 3.05) is 13.7 Å². The number of benzene rings is 2. The van der Waals surface area contributed by atoms with Crippen molar-refractivity contribution in [3.05, 3.63) is 69.9 Å². The number of nitro groups is 1. The van der Waals surface area contributed by atoms with Gasteiger partial charge in [-0.05, 0) is 36.8 Å². The minimum absolute atomic E-state index is 0.0242. The summed E-state index contributed by atoms with van der Waals surface area (Å²) in [7, 11) is 1.57. The highest BCUT2D eigenvalue weighted by Crippen LogP contribution is 2.28. The van der Waals surface area contributed by atoms with Gasteiger partial charge in [-0.3, -0.25) is 20.0 Å². The zero-order valence-corrected chi connectivity index (χ0v) is 16.0. The molecule has 9 heteroatoms. The largest absolute Gasteiger partial charge is 0.493 e. The number of aromatic nitrogens is 2. The van der Waals surface area contributed by atoms with Crippen LogP contribution < -0.4 is 14.8 Å². The lowest BCUT2D eigenvalue weighted by Gasteiger charge is -2.12. The topological polar surface area (TPSA) is 119 Å². The minimum Gasteiger partial charge on any atom is -0.493 e. The number of non-ortho nitro benzene ring substituents is 1. The molecule has 0 aliphatic rings. The summed E-state index contributed by atoms with van der Waals surface area (Å²) >= 11 is 0. The van der Waals surface area contributed by atoms with Gasteiger partial charge >= 0.3 is 0 Å². The normalized spacial score (nSPS) is 10.4. The van der Waals surface area contributed by atoms with E-state index in [4.69, 9.17) is 9.47 Å². The minimum atomic E-state index is -0.476. The molecule has 0 aliphatic heterocycles. The molecule has 0 bridgehead atoms. The lowest BCUT2D eigenvalue weighted by Crippen LogP contribution is -2.23. The second-order valence-electron chi connectivity index (χ2n) is 6.06. The van der Waals surface area contributed by atoms with E-state index in [0.717, 1.165) is 5.56 Å². The summed E-state index contributed by atoms with van der Waals surface area (Å²) in [6, 6.07) is 11.3. The van der Waals surface area contributed by atoms with Crippen molar-refractivity contribution >= 4 is 11.6 Å². The number of H-pyrrole nitrogens is 1. The average Bonchev–Trinajstić information content (AvgIpc) is 3.22. The Morgan fingerprint density at radius 2 is 1.97 bits per heavy atom. The van der Waals surface area contributed by atoms with E-state index in [0.29, 0.717) is 34.9 Å². The number of ether oxygens (including phenoxy) is 2. The number of nitrogens with zero attached hydrogens (tertiary/aromatic N) is 2. The van der Waals surface area contributed by atoms with E-state index < -0.39 is 4.92 Å². The first-order chi connectivity index (χ1) is 14.0. The zero-order chi connectivity index (χ0) is 20.8. The molecule has 0 fully saturated rings. The van der Waals surface area contributed by atoms with Crippen molar-refractivity contribution in [1.82, 2.24) is 15.5 Å². The summed E-state index contributed by atoms with van der Waals surface area (Å²) in [5.74, 6) is 0.912. The molecule has 0 aliphatic carbocycles. The molecule has 0 saturated carbocycles. The van der Waals surface area contributed by atoms with Crippen LogP contribution >= 0.6 is 0 Å². The van der Waals surface area contributed by atoms with Gasteiger partial charge in [0.25, 0.3) is 11.6 Å². The van der Waals surface area contributed by atoms with E-state index in [9.17, 15) is 14.9 Å². The number of aromatic amines is 1. The van der Waals surface area contributed by atoms with Crippen LogP contribution in [0.2, 0.25) is 0 Å². The highest BCUT2D eigenvalue weighted by atomic mass is 16.6. The SMILES string of the molecule is CCOc1cc(CNC(=O)c2cn[nH]c2-c2ccc([N+](=O)[O-])cc2)ccc1OC. The standard InChI is InChI=1S/C20H20N4O5/c1-3-29-18-10-13(4-9-17(18)28-2)11-21-20(25)16-12-22-23-19(16)14-5-7-15(8-6-14)24(26)27/h4-10,12H,3,11H2,1-2H3,(H,21,25)(H,22,23). The van der Waals surface area contributed by atoms with Gasteiger partial charge in [-0.25, -0.2) is 0 Å². The third-order valence-electron chi connectivity index (χ3n) is 4.23. The monoisotopic (exact) mass is 396 g/mol. The van der Waals surface area contributed by atoms with Crippen LogP contribution in [0.4, 0.5) is 5.69 Å². The molecule has 3 aromatic rings. The maximum atomic E-state index is 12.6. The maximum absolute atomic E-state index is 12.6. The molecule has 2 aromatic carbocycles. The van der Waals surface area contributed by atoms with Crippen LogP contribution in [0.3, 0.4) is 0 Å². The fourth-order valence-electron chi connectivity index (χ4n) is 2.81. The molecule has 150 valence electrons. The van der Waals surface area contributed by atoms with E-state index in [-0.39, 0.29) is 18.1 Å². The molecule has 0 radical (unpaired) electrons. The van der Waals surface area contributed by atoms with Gasteiger partial charge in [0.2, 0.25) is 0 Å². The van der Waals surface area contributed by atoms with Crippen LogP contribution in [-0.4, -0.2) is 34.7 Å². The first-order valence-corrected chi connectivity index (χ1v) is 8.89. The van der Waals surface area contributed by atoms with Crippen molar-refractivity contribution in [2.45, 2.75) is 13.5 Å².